The van der Waals surface area contributed by atoms with E-state index in [1.807, 2.05) is 24.7 Å². The molecule has 0 amide bonds. The molecule has 1 heterocycles. The molecule has 2 rings (SSSR count). The van der Waals surface area contributed by atoms with Gasteiger partial charge in [-0.2, -0.15) is 5.10 Å². The first-order valence-electron chi connectivity index (χ1n) is 4.44. The number of rotatable bonds is 1. The third-order valence-electron chi connectivity index (χ3n) is 2.21. The molecular formula is C11H11IN2. The highest BCUT2D eigenvalue weighted by atomic mass is 127. The van der Waals surface area contributed by atoms with E-state index in [2.05, 4.69) is 52.0 Å². The largest absolute Gasteiger partial charge is 0.262 e. The average Bonchev–Trinajstić information content (AvgIpc) is 2.43. The summed E-state index contributed by atoms with van der Waals surface area (Å²) in [5.41, 5.74) is 3.57. The van der Waals surface area contributed by atoms with E-state index in [1.54, 1.807) is 0 Å². The van der Waals surface area contributed by atoms with Gasteiger partial charge in [0.05, 0.1) is 5.69 Å². The standard InChI is InChI=1S/C11H11IN2/c1-8-10(11(12)14(2)13-8)9-6-4-3-5-7-9/h3-7H,1-2H3. The first-order valence-corrected chi connectivity index (χ1v) is 5.52. The maximum absolute atomic E-state index is 4.40. The van der Waals surface area contributed by atoms with Gasteiger partial charge in [-0.1, -0.05) is 30.3 Å². The Labute approximate surface area is 97.1 Å². The highest BCUT2D eigenvalue weighted by Gasteiger charge is 2.11. The van der Waals surface area contributed by atoms with E-state index in [9.17, 15) is 0 Å². The van der Waals surface area contributed by atoms with Gasteiger partial charge in [0.15, 0.2) is 0 Å². The van der Waals surface area contributed by atoms with E-state index in [1.165, 1.54) is 14.8 Å². The number of hydrogen-bond donors (Lipinski definition) is 0. The first kappa shape index (κ1) is 9.71. The van der Waals surface area contributed by atoms with Gasteiger partial charge in [-0.25, -0.2) is 0 Å². The molecule has 14 heavy (non-hydrogen) atoms. The molecular weight excluding hydrogens is 287 g/mol. The molecule has 0 saturated carbocycles. The molecule has 3 heteroatoms. The Bertz CT molecular complexity index is 446. The van der Waals surface area contributed by atoms with Crippen LogP contribution < -0.4 is 0 Å². The lowest BCUT2D eigenvalue weighted by molar-refractivity contribution is 0.738. The summed E-state index contributed by atoms with van der Waals surface area (Å²) in [6.45, 7) is 2.05. The maximum Gasteiger partial charge on any atom is 0.107 e. The van der Waals surface area contributed by atoms with Gasteiger partial charge in [0.2, 0.25) is 0 Å². The van der Waals surface area contributed by atoms with Crippen LogP contribution in [0.15, 0.2) is 30.3 Å². The van der Waals surface area contributed by atoms with Crippen LogP contribution in [0.25, 0.3) is 11.1 Å². The van der Waals surface area contributed by atoms with Crippen LogP contribution >= 0.6 is 22.6 Å². The summed E-state index contributed by atoms with van der Waals surface area (Å²) in [6.07, 6.45) is 0. The molecule has 1 aromatic carbocycles. The number of halogens is 1. The zero-order valence-electron chi connectivity index (χ0n) is 8.16. The van der Waals surface area contributed by atoms with Gasteiger partial charge in [-0.15, -0.1) is 0 Å². The second-order valence-corrected chi connectivity index (χ2v) is 4.26. The quantitative estimate of drug-likeness (QED) is 0.740. The van der Waals surface area contributed by atoms with Crippen molar-refractivity contribution in [2.75, 3.05) is 0 Å². The predicted octanol–water partition coefficient (Wildman–Crippen LogP) is 3.00. The van der Waals surface area contributed by atoms with Gasteiger partial charge in [-0.05, 0) is 35.1 Å². The minimum Gasteiger partial charge on any atom is -0.262 e. The normalized spacial score (nSPS) is 10.5. The zero-order chi connectivity index (χ0) is 10.1. The molecule has 0 atom stereocenters. The molecule has 0 radical (unpaired) electrons. The number of aryl methyl sites for hydroxylation is 2. The fourth-order valence-electron chi connectivity index (χ4n) is 1.56. The maximum atomic E-state index is 4.40. The summed E-state index contributed by atoms with van der Waals surface area (Å²) >= 11 is 2.33. The molecule has 72 valence electrons. The van der Waals surface area contributed by atoms with E-state index in [4.69, 9.17) is 0 Å². The third-order valence-corrected chi connectivity index (χ3v) is 3.45. The molecule has 2 aromatic rings. The van der Waals surface area contributed by atoms with Crippen LogP contribution in [-0.4, -0.2) is 9.78 Å². The van der Waals surface area contributed by atoms with Crippen molar-refractivity contribution in [2.24, 2.45) is 7.05 Å². The van der Waals surface area contributed by atoms with Gasteiger partial charge in [0, 0.05) is 12.6 Å². The average molecular weight is 298 g/mol. The van der Waals surface area contributed by atoms with Crippen LogP contribution in [0.3, 0.4) is 0 Å². The summed E-state index contributed by atoms with van der Waals surface area (Å²) in [6, 6.07) is 10.4. The summed E-state index contributed by atoms with van der Waals surface area (Å²) in [7, 11) is 1.97. The lowest BCUT2D eigenvalue weighted by atomic mass is 10.1. The lowest BCUT2D eigenvalue weighted by Gasteiger charge is -1.99. The van der Waals surface area contributed by atoms with Crippen molar-refractivity contribution in [1.82, 2.24) is 9.78 Å². The second-order valence-electron chi connectivity index (χ2n) is 3.24. The van der Waals surface area contributed by atoms with E-state index in [0.717, 1.165) is 5.69 Å². The van der Waals surface area contributed by atoms with Crippen molar-refractivity contribution in [3.8, 4) is 11.1 Å². The summed E-state index contributed by atoms with van der Waals surface area (Å²) in [4.78, 5) is 0. The van der Waals surface area contributed by atoms with E-state index in [0.29, 0.717) is 0 Å². The molecule has 0 aliphatic carbocycles. The fraction of sp³-hybridized carbons (Fsp3) is 0.182. The Morgan fingerprint density at radius 1 is 1.21 bits per heavy atom. The van der Waals surface area contributed by atoms with Gasteiger partial charge in [0.1, 0.15) is 3.70 Å². The molecule has 2 nitrogen and oxygen atoms in total. The molecule has 0 fully saturated rings. The molecule has 0 saturated heterocycles. The molecule has 0 bridgehead atoms. The van der Waals surface area contributed by atoms with Crippen molar-refractivity contribution < 1.29 is 0 Å². The van der Waals surface area contributed by atoms with Gasteiger partial charge < -0.3 is 0 Å². The van der Waals surface area contributed by atoms with Crippen LogP contribution in [0.5, 0.6) is 0 Å². The second kappa shape index (κ2) is 3.73. The number of hydrogen-bond acceptors (Lipinski definition) is 1. The molecule has 0 aliphatic rings. The molecule has 0 N–H and O–H groups in total. The fourth-order valence-corrected chi connectivity index (χ4v) is 2.37. The Balaban J connectivity index is 2.62. The highest BCUT2D eigenvalue weighted by Crippen LogP contribution is 2.27. The Kier molecular flexibility index (Phi) is 2.58. The van der Waals surface area contributed by atoms with Crippen LogP contribution in [0.4, 0.5) is 0 Å². The molecule has 0 spiro atoms. The minimum atomic E-state index is 1.09. The topological polar surface area (TPSA) is 17.8 Å². The Hall–Kier alpha value is -0.840. The third kappa shape index (κ3) is 1.56. The smallest absolute Gasteiger partial charge is 0.107 e. The molecule has 1 aromatic heterocycles. The van der Waals surface area contributed by atoms with Crippen molar-refractivity contribution in [1.29, 1.82) is 0 Å². The molecule has 0 unspecified atom stereocenters. The van der Waals surface area contributed by atoms with E-state index in [-0.39, 0.29) is 0 Å². The van der Waals surface area contributed by atoms with Crippen molar-refractivity contribution >= 4 is 22.6 Å². The lowest BCUT2D eigenvalue weighted by Crippen LogP contribution is -1.92. The minimum absolute atomic E-state index is 1.09. The van der Waals surface area contributed by atoms with E-state index >= 15 is 0 Å². The van der Waals surface area contributed by atoms with Crippen molar-refractivity contribution in [3.63, 3.8) is 0 Å². The number of nitrogens with zero attached hydrogens (tertiary/aromatic N) is 2. The SMILES string of the molecule is Cc1nn(C)c(I)c1-c1ccccc1. The van der Waals surface area contributed by atoms with Crippen molar-refractivity contribution in [2.45, 2.75) is 6.92 Å². The van der Waals surface area contributed by atoms with Crippen LogP contribution in [0.2, 0.25) is 0 Å². The molecule has 0 aliphatic heterocycles. The summed E-state index contributed by atoms with van der Waals surface area (Å²) in [5.74, 6) is 0. The zero-order valence-corrected chi connectivity index (χ0v) is 10.3. The van der Waals surface area contributed by atoms with Gasteiger partial charge in [-0.3, -0.25) is 4.68 Å². The monoisotopic (exact) mass is 298 g/mol. The number of benzene rings is 1. The van der Waals surface area contributed by atoms with Crippen LogP contribution in [-0.2, 0) is 7.05 Å². The van der Waals surface area contributed by atoms with E-state index < -0.39 is 0 Å². The Morgan fingerprint density at radius 3 is 2.36 bits per heavy atom. The number of aromatic nitrogens is 2. The summed E-state index contributed by atoms with van der Waals surface area (Å²) < 4.78 is 3.10. The van der Waals surface area contributed by atoms with Crippen molar-refractivity contribution in [3.05, 3.63) is 39.7 Å². The first-order chi connectivity index (χ1) is 6.70. The highest BCUT2D eigenvalue weighted by molar-refractivity contribution is 14.1. The summed E-state index contributed by atoms with van der Waals surface area (Å²) in [5, 5.41) is 4.40. The van der Waals surface area contributed by atoms with Crippen LogP contribution in [0.1, 0.15) is 5.69 Å². The predicted molar refractivity (Wildman–Crippen MR) is 66.1 cm³/mol. The van der Waals surface area contributed by atoms with Crippen LogP contribution in [0, 0.1) is 10.6 Å². The Morgan fingerprint density at radius 2 is 1.86 bits per heavy atom. The van der Waals surface area contributed by atoms with Gasteiger partial charge >= 0.3 is 0 Å². The van der Waals surface area contributed by atoms with Gasteiger partial charge in [0.25, 0.3) is 0 Å².